The first kappa shape index (κ1) is 13.0. The minimum Gasteiger partial charge on any atom is -0.322 e. The summed E-state index contributed by atoms with van der Waals surface area (Å²) in [6, 6.07) is 4.23. The molecule has 1 amide bonds. The largest absolute Gasteiger partial charge is 0.322 e. The fraction of sp³-hybridized carbons (Fsp3) is 0.214. The van der Waals surface area contributed by atoms with Crippen molar-refractivity contribution in [3.05, 3.63) is 63.4 Å². The molecule has 1 aromatic carbocycles. The van der Waals surface area contributed by atoms with Crippen molar-refractivity contribution in [3.63, 3.8) is 0 Å². The van der Waals surface area contributed by atoms with E-state index >= 15 is 0 Å². The zero-order valence-corrected chi connectivity index (χ0v) is 10.6. The topological polar surface area (TPSA) is 72.2 Å². The average Bonchev–Trinajstić information content (AvgIpc) is 2.39. The predicted octanol–water partition coefficient (Wildman–Crippen LogP) is 2.87. The van der Waals surface area contributed by atoms with Gasteiger partial charge in [-0.1, -0.05) is 12.2 Å². The first-order chi connectivity index (χ1) is 9.08. The molecule has 19 heavy (non-hydrogen) atoms. The Kier molecular flexibility index (Phi) is 3.75. The molecule has 1 N–H and O–H groups in total. The Morgan fingerprint density at radius 2 is 2.16 bits per heavy atom. The lowest BCUT2D eigenvalue weighted by Crippen LogP contribution is -2.23. The van der Waals surface area contributed by atoms with Crippen molar-refractivity contribution >= 4 is 11.6 Å². The van der Waals surface area contributed by atoms with Crippen molar-refractivity contribution in [1.29, 1.82) is 0 Å². The molecule has 98 valence electrons. The van der Waals surface area contributed by atoms with Crippen molar-refractivity contribution in [1.82, 2.24) is 5.32 Å². The molecular formula is C14H14N2O3. The van der Waals surface area contributed by atoms with E-state index in [4.69, 9.17) is 0 Å². The highest BCUT2D eigenvalue weighted by atomic mass is 16.6. The van der Waals surface area contributed by atoms with Gasteiger partial charge in [-0.3, -0.25) is 14.9 Å². The van der Waals surface area contributed by atoms with E-state index < -0.39 is 4.92 Å². The fourth-order valence-electron chi connectivity index (χ4n) is 1.92. The molecular weight excluding hydrogens is 244 g/mol. The molecule has 1 aromatic rings. The Balaban J connectivity index is 2.17. The van der Waals surface area contributed by atoms with Crippen LogP contribution in [0.4, 0.5) is 5.69 Å². The number of carbonyl (C=O) groups is 1. The van der Waals surface area contributed by atoms with Crippen LogP contribution in [-0.2, 0) is 0 Å². The zero-order valence-electron chi connectivity index (χ0n) is 10.6. The van der Waals surface area contributed by atoms with Crippen molar-refractivity contribution in [3.8, 4) is 0 Å². The summed E-state index contributed by atoms with van der Waals surface area (Å²) < 4.78 is 0. The number of nitro benzene ring substituents is 1. The molecule has 0 bridgehead atoms. The molecule has 0 atom stereocenters. The Bertz CT molecular complexity index is 588. The van der Waals surface area contributed by atoms with E-state index in [1.54, 1.807) is 6.92 Å². The summed E-state index contributed by atoms with van der Waals surface area (Å²) in [5.74, 6) is -0.245. The van der Waals surface area contributed by atoms with Crippen LogP contribution in [0.5, 0.6) is 0 Å². The SMILES string of the molecule is Cc1cc([N+](=O)[O-])ccc1C(=O)NC1=CCCC=C1. The van der Waals surface area contributed by atoms with Gasteiger partial charge in [0, 0.05) is 23.4 Å². The van der Waals surface area contributed by atoms with Crippen molar-refractivity contribution in [2.75, 3.05) is 0 Å². The van der Waals surface area contributed by atoms with Crippen LogP contribution in [0.3, 0.4) is 0 Å². The quantitative estimate of drug-likeness (QED) is 0.669. The molecule has 0 aliphatic heterocycles. The van der Waals surface area contributed by atoms with Crippen LogP contribution in [0.15, 0.2) is 42.1 Å². The number of amides is 1. The third-order valence-corrected chi connectivity index (χ3v) is 2.92. The summed E-state index contributed by atoms with van der Waals surface area (Å²) in [5.41, 5.74) is 1.80. The molecule has 0 heterocycles. The van der Waals surface area contributed by atoms with Crippen molar-refractivity contribution in [2.24, 2.45) is 0 Å². The van der Waals surface area contributed by atoms with Crippen molar-refractivity contribution in [2.45, 2.75) is 19.8 Å². The molecule has 0 unspecified atom stereocenters. The van der Waals surface area contributed by atoms with Crippen LogP contribution in [0, 0.1) is 17.0 Å². The maximum Gasteiger partial charge on any atom is 0.269 e. The monoisotopic (exact) mass is 258 g/mol. The van der Waals surface area contributed by atoms with Gasteiger partial charge < -0.3 is 5.32 Å². The van der Waals surface area contributed by atoms with E-state index in [2.05, 4.69) is 5.32 Å². The smallest absolute Gasteiger partial charge is 0.269 e. The number of nitrogens with zero attached hydrogens (tertiary/aromatic N) is 1. The minimum absolute atomic E-state index is 0.00849. The number of hydrogen-bond donors (Lipinski definition) is 1. The Morgan fingerprint density at radius 1 is 1.37 bits per heavy atom. The van der Waals surface area contributed by atoms with E-state index in [1.807, 2.05) is 18.2 Å². The van der Waals surface area contributed by atoms with E-state index in [-0.39, 0.29) is 11.6 Å². The Morgan fingerprint density at radius 3 is 2.74 bits per heavy atom. The molecule has 0 aromatic heterocycles. The number of allylic oxidation sites excluding steroid dienone is 3. The summed E-state index contributed by atoms with van der Waals surface area (Å²) in [5, 5.41) is 13.4. The van der Waals surface area contributed by atoms with Crippen LogP contribution in [0.25, 0.3) is 0 Å². The number of non-ortho nitro benzene ring substituents is 1. The predicted molar refractivity (Wildman–Crippen MR) is 71.8 cm³/mol. The van der Waals surface area contributed by atoms with E-state index in [9.17, 15) is 14.9 Å². The van der Waals surface area contributed by atoms with Crippen LogP contribution in [-0.4, -0.2) is 10.8 Å². The Labute approximate surface area is 110 Å². The minimum atomic E-state index is -0.471. The molecule has 2 rings (SSSR count). The van der Waals surface area contributed by atoms with Gasteiger partial charge in [-0.2, -0.15) is 0 Å². The molecule has 0 saturated carbocycles. The Hall–Kier alpha value is -2.43. The second-order valence-electron chi connectivity index (χ2n) is 4.35. The summed E-state index contributed by atoms with van der Waals surface area (Å²) in [6.07, 6.45) is 7.71. The lowest BCUT2D eigenvalue weighted by Gasteiger charge is -2.10. The number of carbonyl (C=O) groups excluding carboxylic acids is 1. The standard InChI is InChI=1S/C14H14N2O3/c1-10-9-12(16(18)19)7-8-13(10)14(17)15-11-5-3-2-4-6-11/h3,5-9H,2,4H2,1H3,(H,15,17). The maximum atomic E-state index is 12.1. The number of benzene rings is 1. The lowest BCUT2D eigenvalue weighted by molar-refractivity contribution is -0.384. The highest BCUT2D eigenvalue weighted by Crippen LogP contribution is 2.17. The molecule has 0 fully saturated rings. The number of aryl methyl sites for hydroxylation is 1. The molecule has 5 nitrogen and oxygen atoms in total. The van der Waals surface area contributed by atoms with Gasteiger partial charge in [-0.25, -0.2) is 0 Å². The van der Waals surface area contributed by atoms with Gasteiger partial charge in [-0.05, 0) is 37.5 Å². The second-order valence-corrected chi connectivity index (χ2v) is 4.35. The van der Waals surface area contributed by atoms with Gasteiger partial charge in [-0.15, -0.1) is 0 Å². The van der Waals surface area contributed by atoms with E-state index in [0.717, 1.165) is 18.5 Å². The summed E-state index contributed by atoms with van der Waals surface area (Å²) in [4.78, 5) is 22.2. The molecule has 1 aliphatic rings. The molecule has 0 spiro atoms. The van der Waals surface area contributed by atoms with Crippen LogP contribution in [0.1, 0.15) is 28.8 Å². The van der Waals surface area contributed by atoms with Crippen LogP contribution in [0.2, 0.25) is 0 Å². The van der Waals surface area contributed by atoms with Gasteiger partial charge in [0.1, 0.15) is 0 Å². The fourth-order valence-corrected chi connectivity index (χ4v) is 1.92. The number of rotatable bonds is 3. The van der Waals surface area contributed by atoms with Gasteiger partial charge in [0.05, 0.1) is 4.92 Å². The summed E-state index contributed by atoms with van der Waals surface area (Å²) >= 11 is 0. The highest BCUT2D eigenvalue weighted by Gasteiger charge is 2.14. The lowest BCUT2D eigenvalue weighted by atomic mass is 10.1. The number of nitrogens with one attached hydrogen (secondary N) is 1. The molecule has 0 radical (unpaired) electrons. The van der Waals surface area contributed by atoms with Gasteiger partial charge in [0.25, 0.3) is 11.6 Å². The summed E-state index contributed by atoms with van der Waals surface area (Å²) in [6.45, 7) is 1.69. The third-order valence-electron chi connectivity index (χ3n) is 2.92. The first-order valence-corrected chi connectivity index (χ1v) is 6.01. The molecule has 5 heteroatoms. The van der Waals surface area contributed by atoms with Gasteiger partial charge in [0.2, 0.25) is 0 Å². The molecule has 0 saturated heterocycles. The van der Waals surface area contributed by atoms with E-state index in [0.29, 0.717) is 11.1 Å². The van der Waals surface area contributed by atoms with E-state index in [1.165, 1.54) is 18.2 Å². The van der Waals surface area contributed by atoms with Crippen molar-refractivity contribution < 1.29 is 9.72 Å². The second kappa shape index (κ2) is 5.48. The van der Waals surface area contributed by atoms with Crippen LogP contribution < -0.4 is 5.32 Å². The zero-order chi connectivity index (χ0) is 13.8. The van der Waals surface area contributed by atoms with Gasteiger partial charge >= 0.3 is 0 Å². The number of nitro groups is 1. The third kappa shape index (κ3) is 3.07. The number of hydrogen-bond acceptors (Lipinski definition) is 3. The van der Waals surface area contributed by atoms with Crippen LogP contribution >= 0.6 is 0 Å². The normalized spacial score (nSPS) is 13.8. The first-order valence-electron chi connectivity index (χ1n) is 6.01. The summed E-state index contributed by atoms with van der Waals surface area (Å²) in [7, 11) is 0. The highest BCUT2D eigenvalue weighted by molar-refractivity contribution is 5.97. The maximum absolute atomic E-state index is 12.1. The molecule has 1 aliphatic carbocycles. The average molecular weight is 258 g/mol. The van der Waals surface area contributed by atoms with Gasteiger partial charge in [0.15, 0.2) is 0 Å².